The van der Waals surface area contributed by atoms with Gasteiger partial charge in [-0.1, -0.05) is 44.5 Å². The van der Waals surface area contributed by atoms with Crippen molar-refractivity contribution in [1.82, 2.24) is 15.3 Å². The van der Waals surface area contributed by atoms with E-state index < -0.39 is 0 Å². The molecule has 3 aromatic rings. The zero-order chi connectivity index (χ0) is 20.3. The van der Waals surface area contributed by atoms with Gasteiger partial charge in [-0.3, -0.25) is 4.98 Å². The molecule has 0 spiro atoms. The number of hydrogen-bond donors (Lipinski definition) is 2. The molecule has 146 valence electrons. The average Bonchev–Trinajstić information content (AvgIpc) is 3.07. The van der Waals surface area contributed by atoms with Crippen LogP contribution in [-0.4, -0.2) is 16.0 Å². The number of amides is 2. The molecule has 0 aliphatic heterocycles. The van der Waals surface area contributed by atoms with Crippen LogP contribution in [0.15, 0.2) is 42.7 Å². The minimum Gasteiger partial charge on any atom is -0.333 e. The number of urea groups is 1. The first-order chi connectivity index (χ1) is 13.2. The van der Waals surface area contributed by atoms with Crippen molar-refractivity contribution in [2.75, 3.05) is 5.32 Å². The van der Waals surface area contributed by atoms with Crippen LogP contribution >= 0.6 is 22.9 Å². The number of hydrogen-bond acceptors (Lipinski definition) is 4. The third-order valence-corrected chi connectivity index (χ3v) is 5.83. The number of carbonyl (C=O) groups is 1. The molecular weight excluding hydrogens is 392 g/mol. The number of benzene rings is 1. The number of nitrogens with zero attached hydrogens (tertiary/aromatic N) is 2. The molecule has 0 saturated heterocycles. The van der Waals surface area contributed by atoms with Crippen molar-refractivity contribution >= 4 is 34.7 Å². The molecule has 3 rings (SSSR count). The van der Waals surface area contributed by atoms with Gasteiger partial charge in [0.05, 0.1) is 22.1 Å². The standard InChI is InChI=1S/C21H23ClN4OS/c1-13-11-23-9-8-16(13)25-20(27)24-12-17-18(14-6-5-7-15(22)10-14)26-19(28-17)21(2,3)4/h5-11H,12H2,1-4H3,(H2,23,24,25,27). The van der Waals surface area contributed by atoms with Crippen molar-refractivity contribution in [3.8, 4) is 11.3 Å². The predicted molar refractivity (Wildman–Crippen MR) is 116 cm³/mol. The quantitative estimate of drug-likeness (QED) is 0.568. The number of pyridine rings is 1. The Hall–Kier alpha value is -2.44. The van der Waals surface area contributed by atoms with Gasteiger partial charge in [-0.25, -0.2) is 9.78 Å². The minimum atomic E-state index is -0.267. The molecule has 2 aromatic heterocycles. The number of aryl methyl sites for hydroxylation is 1. The summed E-state index contributed by atoms with van der Waals surface area (Å²) in [7, 11) is 0. The Morgan fingerprint density at radius 3 is 2.71 bits per heavy atom. The summed E-state index contributed by atoms with van der Waals surface area (Å²) in [4.78, 5) is 22.2. The van der Waals surface area contributed by atoms with E-state index in [1.807, 2.05) is 31.2 Å². The summed E-state index contributed by atoms with van der Waals surface area (Å²) in [5, 5.41) is 7.47. The van der Waals surface area contributed by atoms with Crippen LogP contribution < -0.4 is 10.6 Å². The van der Waals surface area contributed by atoms with Crippen LogP contribution in [0, 0.1) is 6.92 Å². The van der Waals surface area contributed by atoms with Gasteiger partial charge in [0.25, 0.3) is 0 Å². The second-order valence-corrected chi connectivity index (χ2v) is 9.07. The summed E-state index contributed by atoms with van der Waals surface area (Å²) < 4.78 is 0. The lowest BCUT2D eigenvalue weighted by Crippen LogP contribution is -2.28. The maximum atomic E-state index is 12.4. The number of rotatable bonds is 4. The summed E-state index contributed by atoms with van der Waals surface area (Å²) in [5.41, 5.74) is 3.37. The molecule has 2 N–H and O–H groups in total. The van der Waals surface area contributed by atoms with Crippen molar-refractivity contribution in [2.24, 2.45) is 0 Å². The van der Waals surface area contributed by atoms with E-state index in [4.69, 9.17) is 16.6 Å². The van der Waals surface area contributed by atoms with Crippen molar-refractivity contribution in [2.45, 2.75) is 39.7 Å². The van der Waals surface area contributed by atoms with Gasteiger partial charge in [0.15, 0.2) is 0 Å². The topological polar surface area (TPSA) is 66.9 Å². The van der Waals surface area contributed by atoms with E-state index in [0.29, 0.717) is 11.6 Å². The number of thiazole rings is 1. The van der Waals surface area contributed by atoms with Gasteiger partial charge in [-0.15, -0.1) is 11.3 Å². The molecule has 0 radical (unpaired) electrons. The molecule has 0 aliphatic rings. The van der Waals surface area contributed by atoms with Crippen LogP contribution in [0.25, 0.3) is 11.3 Å². The van der Waals surface area contributed by atoms with Gasteiger partial charge in [0.1, 0.15) is 0 Å². The number of anilines is 1. The zero-order valence-corrected chi connectivity index (χ0v) is 17.9. The lowest BCUT2D eigenvalue weighted by molar-refractivity contribution is 0.252. The number of halogens is 1. The Balaban J connectivity index is 1.81. The number of carbonyl (C=O) groups excluding carboxylic acids is 1. The van der Waals surface area contributed by atoms with Crippen LogP contribution in [0.4, 0.5) is 10.5 Å². The van der Waals surface area contributed by atoms with Crippen LogP contribution in [0.5, 0.6) is 0 Å². The van der Waals surface area contributed by atoms with Crippen molar-refractivity contribution in [1.29, 1.82) is 0 Å². The van der Waals surface area contributed by atoms with Crippen LogP contribution in [0.1, 0.15) is 36.2 Å². The Kier molecular flexibility index (Phi) is 6.01. The second kappa shape index (κ2) is 8.29. The van der Waals surface area contributed by atoms with E-state index in [1.54, 1.807) is 29.8 Å². The molecule has 0 saturated carbocycles. The van der Waals surface area contributed by atoms with Gasteiger partial charge in [0, 0.05) is 34.1 Å². The average molecular weight is 415 g/mol. The van der Waals surface area contributed by atoms with Crippen LogP contribution in [0.3, 0.4) is 0 Å². The molecule has 2 heterocycles. The van der Waals surface area contributed by atoms with E-state index in [1.165, 1.54) is 0 Å². The fourth-order valence-corrected chi connectivity index (χ4v) is 3.87. The van der Waals surface area contributed by atoms with E-state index in [0.717, 1.165) is 32.4 Å². The van der Waals surface area contributed by atoms with Gasteiger partial charge in [-0.2, -0.15) is 0 Å². The summed E-state index contributed by atoms with van der Waals surface area (Å²) in [6, 6.07) is 9.13. The summed E-state index contributed by atoms with van der Waals surface area (Å²) in [5.74, 6) is 0. The van der Waals surface area contributed by atoms with Gasteiger partial charge in [0.2, 0.25) is 0 Å². The second-order valence-electron chi connectivity index (χ2n) is 7.55. The predicted octanol–water partition coefficient (Wildman–Crippen LogP) is 5.79. The first kappa shape index (κ1) is 20.3. The molecular formula is C21H23ClN4OS. The highest BCUT2D eigenvalue weighted by Crippen LogP contribution is 2.35. The molecule has 7 heteroatoms. The Labute approximate surface area is 174 Å². The van der Waals surface area contributed by atoms with Gasteiger partial charge >= 0.3 is 6.03 Å². The van der Waals surface area contributed by atoms with E-state index in [2.05, 4.69) is 36.4 Å². The maximum Gasteiger partial charge on any atom is 0.319 e. The SMILES string of the molecule is Cc1cnccc1NC(=O)NCc1sc(C(C)(C)C)nc1-c1cccc(Cl)c1. The number of nitrogens with one attached hydrogen (secondary N) is 2. The van der Waals surface area contributed by atoms with E-state index >= 15 is 0 Å². The Morgan fingerprint density at radius 1 is 1.25 bits per heavy atom. The van der Waals surface area contributed by atoms with E-state index in [9.17, 15) is 4.79 Å². The van der Waals surface area contributed by atoms with Crippen molar-refractivity contribution < 1.29 is 4.79 Å². The minimum absolute atomic E-state index is 0.0767. The largest absolute Gasteiger partial charge is 0.333 e. The first-order valence-electron chi connectivity index (χ1n) is 8.95. The van der Waals surface area contributed by atoms with Gasteiger partial charge < -0.3 is 10.6 Å². The Bertz CT molecular complexity index is 994. The Morgan fingerprint density at radius 2 is 2.04 bits per heavy atom. The molecule has 0 fully saturated rings. The molecule has 0 atom stereocenters. The molecule has 0 unspecified atom stereocenters. The first-order valence-corrected chi connectivity index (χ1v) is 10.1. The highest BCUT2D eigenvalue weighted by Gasteiger charge is 2.22. The monoisotopic (exact) mass is 414 g/mol. The van der Waals surface area contributed by atoms with Crippen LogP contribution in [0.2, 0.25) is 5.02 Å². The zero-order valence-electron chi connectivity index (χ0n) is 16.3. The maximum absolute atomic E-state index is 12.4. The normalized spacial score (nSPS) is 11.3. The van der Waals surface area contributed by atoms with Crippen molar-refractivity contribution in [3.63, 3.8) is 0 Å². The summed E-state index contributed by atoms with van der Waals surface area (Å²) >= 11 is 7.78. The highest BCUT2D eigenvalue weighted by molar-refractivity contribution is 7.12. The van der Waals surface area contributed by atoms with Crippen molar-refractivity contribution in [3.05, 3.63) is 63.2 Å². The molecule has 5 nitrogen and oxygen atoms in total. The third kappa shape index (κ3) is 4.88. The fourth-order valence-electron chi connectivity index (χ4n) is 2.59. The lowest BCUT2D eigenvalue weighted by atomic mass is 9.98. The summed E-state index contributed by atoms with van der Waals surface area (Å²) in [6.07, 6.45) is 3.37. The molecule has 0 bridgehead atoms. The smallest absolute Gasteiger partial charge is 0.319 e. The number of aromatic nitrogens is 2. The molecule has 28 heavy (non-hydrogen) atoms. The highest BCUT2D eigenvalue weighted by atomic mass is 35.5. The van der Waals surface area contributed by atoms with Crippen LogP contribution in [-0.2, 0) is 12.0 Å². The molecule has 2 amide bonds. The fraction of sp³-hybridized carbons (Fsp3) is 0.286. The third-order valence-electron chi connectivity index (χ3n) is 4.11. The lowest BCUT2D eigenvalue weighted by Gasteiger charge is -2.13. The van der Waals surface area contributed by atoms with Gasteiger partial charge in [-0.05, 0) is 30.7 Å². The molecule has 1 aromatic carbocycles. The molecule has 0 aliphatic carbocycles. The van der Waals surface area contributed by atoms with E-state index in [-0.39, 0.29) is 11.4 Å². The summed E-state index contributed by atoms with van der Waals surface area (Å²) in [6.45, 7) is 8.67.